The lowest BCUT2D eigenvalue weighted by molar-refractivity contribution is 0.0404. The molecule has 1 aliphatic rings. The third kappa shape index (κ3) is 2.69. The summed E-state index contributed by atoms with van der Waals surface area (Å²) < 4.78 is 0. The van der Waals surface area contributed by atoms with Crippen molar-refractivity contribution in [1.29, 1.82) is 0 Å². The van der Waals surface area contributed by atoms with Crippen LogP contribution in [0.5, 0.6) is 0 Å². The maximum absolute atomic E-state index is 9.38. The lowest BCUT2D eigenvalue weighted by atomic mass is 9.80. The molecule has 0 heterocycles. The standard InChI is InChI=1S/C11H24N2O/c1-10(14)8-13(2)11(9-12)6-4-3-5-7-11/h10,14H,3-9,12H2,1-2H3. The molecule has 0 spiro atoms. The van der Waals surface area contributed by atoms with Gasteiger partial charge in [0, 0.05) is 18.6 Å². The van der Waals surface area contributed by atoms with Gasteiger partial charge in [0.15, 0.2) is 0 Å². The Morgan fingerprint density at radius 3 is 2.36 bits per heavy atom. The van der Waals surface area contributed by atoms with Crippen LogP contribution >= 0.6 is 0 Å². The number of aliphatic hydroxyl groups excluding tert-OH is 1. The van der Waals surface area contributed by atoms with E-state index in [4.69, 9.17) is 5.73 Å². The molecule has 0 radical (unpaired) electrons. The summed E-state index contributed by atoms with van der Waals surface area (Å²) in [6.45, 7) is 3.29. The number of nitrogens with two attached hydrogens (primary N) is 1. The number of hydrogen-bond donors (Lipinski definition) is 2. The van der Waals surface area contributed by atoms with Gasteiger partial charge in [-0.1, -0.05) is 19.3 Å². The summed E-state index contributed by atoms with van der Waals surface area (Å²) in [6.07, 6.45) is 6.01. The van der Waals surface area contributed by atoms with Gasteiger partial charge in [0.1, 0.15) is 0 Å². The molecule has 0 saturated heterocycles. The van der Waals surface area contributed by atoms with Crippen LogP contribution in [-0.2, 0) is 0 Å². The number of likely N-dealkylation sites (N-methyl/N-ethyl adjacent to an activating group) is 1. The van der Waals surface area contributed by atoms with E-state index in [2.05, 4.69) is 11.9 Å². The molecule has 1 saturated carbocycles. The second-order valence-electron chi connectivity index (χ2n) is 4.72. The fraction of sp³-hybridized carbons (Fsp3) is 1.00. The molecular weight excluding hydrogens is 176 g/mol. The van der Waals surface area contributed by atoms with Crippen molar-refractivity contribution < 1.29 is 5.11 Å². The smallest absolute Gasteiger partial charge is 0.0639 e. The highest BCUT2D eigenvalue weighted by Crippen LogP contribution is 2.31. The molecule has 0 amide bonds. The first-order chi connectivity index (χ1) is 6.60. The summed E-state index contributed by atoms with van der Waals surface area (Å²) in [5, 5.41) is 9.38. The lowest BCUT2D eigenvalue weighted by Gasteiger charge is -2.44. The number of nitrogens with zero attached hydrogens (tertiary/aromatic N) is 1. The van der Waals surface area contributed by atoms with Crippen molar-refractivity contribution in [3.05, 3.63) is 0 Å². The Hall–Kier alpha value is -0.120. The molecule has 0 bridgehead atoms. The summed E-state index contributed by atoms with van der Waals surface area (Å²) in [7, 11) is 2.09. The minimum absolute atomic E-state index is 0.162. The van der Waals surface area contributed by atoms with E-state index in [0.29, 0.717) is 0 Å². The van der Waals surface area contributed by atoms with Crippen LogP contribution in [0.15, 0.2) is 0 Å². The first-order valence-electron chi connectivity index (χ1n) is 5.70. The van der Waals surface area contributed by atoms with E-state index >= 15 is 0 Å². The van der Waals surface area contributed by atoms with Crippen LogP contribution in [0.2, 0.25) is 0 Å². The van der Waals surface area contributed by atoms with Crippen LogP contribution in [0.25, 0.3) is 0 Å². The van der Waals surface area contributed by atoms with Crippen LogP contribution < -0.4 is 5.73 Å². The molecule has 0 aliphatic heterocycles. The van der Waals surface area contributed by atoms with Crippen LogP contribution in [0, 0.1) is 0 Å². The van der Waals surface area contributed by atoms with Gasteiger partial charge < -0.3 is 10.8 Å². The molecule has 14 heavy (non-hydrogen) atoms. The Labute approximate surface area is 87.3 Å². The van der Waals surface area contributed by atoms with E-state index in [9.17, 15) is 5.11 Å². The zero-order valence-electron chi connectivity index (χ0n) is 9.50. The van der Waals surface area contributed by atoms with Gasteiger partial charge in [-0.25, -0.2) is 0 Å². The Morgan fingerprint density at radius 1 is 1.36 bits per heavy atom. The molecule has 0 aromatic heterocycles. The van der Waals surface area contributed by atoms with E-state index in [1.807, 2.05) is 6.92 Å². The second kappa shape index (κ2) is 5.10. The zero-order valence-corrected chi connectivity index (χ0v) is 9.50. The van der Waals surface area contributed by atoms with E-state index in [1.54, 1.807) is 0 Å². The highest BCUT2D eigenvalue weighted by Gasteiger charge is 2.34. The number of aliphatic hydroxyl groups is 1. The highest BCUT2D eigenvalue weighted by molar-refractivity contribution is 4.93. The van der Waals surface area contributed by atoms with Gasteiger partial charge in [-0.2, -0.15) is 0 Å². The first kappa shape index (κ1) is 12.0. The monoisotopic (exact) mass is 200 g/mol. The van der Waals surface area contributed by atoms with Gasteiger partial charge in [-0.15, -0.1) is 0 Å². The summed E-state index contributed by atoms with van der Waals surface area (Å²) in [5.41, 5.74) is 6.05. The van der Waals surface area contributed by atoms with Gasteiger partial charge in [-0.05, 0) is 26.8 Å². The normalized spacial score (nSPS) is 23.8. The van der Waals surface area contributed by atoms with Crippen molar-refractivity contribution in [3.8, 4) is 0 Å². The highest BCUT2D eigenvalue weighted by atomic mass is 16.3. The summed E-state index contributed by atoms with van der Waals surface area (Å²) in [6, 6.07) is 0. The van der Waals surface area contributed by atoms with Crippen molar-refractivity contribution in [1.82, 2.24) is 4.90 Å². The van der Waals surface area contributed by atoms with Crippen molar-refractivity contribution in [2.45, 2.75) is 50.7 Å². The first-order valence-corrected chi connectivity index (χ1v) is 5.70. The van der Waals surface area contributed by atoms with Crippen molar-refractivity contribution >= 4 is 0 Å². The van der Waals surface area contributed by atoms with Crippen LogP contribution in [0.4, 0.5) is 0 Å². The number of β-amino-alcohol motifs (C(OH)–C–C–N with tert-alkyl or cyclic N) is 1. The molecule has 0 aromatic rings. The average Bonchev–Trinajstić information content (AvgIpc) is 2.18. The second-order valence-corrected chi connectivity index (χ2v) is 4.72. The topological polar surface area (TPSA) is 49.5 Å². The zero-order chi connectivity index (χ0) is 10.6. The predicted octanol–water partition coefficient (Wildman–Crippen LogP) is 0.961. The Morgan fingerprint density at radius 2 is 1.93 bits per heavy atom. The number of rotatable bonds is 4. The predicted molar refractivity (Wildman–Crippen MR) is 59.2 cm³/mol. The van der Waals surface area contributed by atoms with E-state index in [0.717, 1.165) is 13.1 Å². The third-order valence-corrected chi connectivity index (χ3v) is 3.51. The SMILES string of the molecule is CC(O)CN(C)C1(CN)CCCCC1. The maximum atomic E-state index is 9.38. The Kier molecular flexibility index (Phi) is 4.35. The average molecular weight is 200 g/mol. The van der Waals surface area contributed by atoms with Crippen molar-refractivity contribution in [2.75, 3.05) is 20.1 Å². The van der Waals surface area contributed by atoms with Gasteiger partial charge in [-0.3, -0.25) is 4.90 Å². The molecule has 84 valence electrons. The maximum Gasteiger partial charge on any atom is 0.0639 e. The Bertz CT molecular complexity index is 165. The fourth-order valence-corrected chi connectivity index (χ4v) is 2.54. The van der Waals surface area contributed by atoms with E-state index in [-0.39, 0.29) is 11.6 Å². The summed E-state index contributed by atoms with van der Waals surface area (Å²) in [5.74, 6) is 0. The fourth-order valence-electron chi connectivity index (χ4n) is 2.54. The molecule has 0 aromatic carbocycles. The molecule has 1 rings (SSSR count). The van der Waals surface area contributed by atoms with Crippen LogP contribution in [-0.4, -0.2) is 41.8 Å². The molecule has 1 unspecified atom stereocenters. The van der Waals surface area contributed by atoms with Crippen LogP contribution in [0.1, 0.15) is 39.0 Å². The molecule has 1 atom stereocenters. The van der Waals surface area contributed by atoms with Crippen molar-refractivity contribution in [3.63, 3.8) is 0 Å². The van der Waals surface area contributed by atoms with Gasteiger partial charge in [0.25, 0.3) is 0 Å². The molecule has 3 heteroatoms. The van der Waals surface area contributed by atoms with E-state index in [1.165, 1.54) is 32.1 Å². The van der Waals surface area contributed by atoms with Gasteiger partial charge >= 0.3 is 0 Å². The van der Waals surface area contributed by atoms with Gasteiger partial charge in [0.05, 0.1) is 6.10 Å². The molecule has 1 fully saturated rings. The molecule has 3 nitrogen and oxygen atoms in total. The number of hydrogen-bond acceptors (Lipinski definition) is 3. The van der Waals surface area contributed by atoms with Crippen LogP contribution in [0.3, 0.4) is 0 Å². The summed E-state index contributed by atoms with van der Waals surface area (Å²) in [4.78, 5) is 2.26. The summed E-state index contributed by atoms with van der Waals surface area (Å²) >= 11 is 0. The van der Waals surface area contributed by atoms with Crippen molar-refractivity contribution in [2.24, 2.45) is 5.73 Å². The van der Waals surface area contributed by atoms with E-state index < -0.39 is 0 Å². The molecule has 1 aliphatic carbocycles. The quantitative estimate of drug-likeness (QED) is 0.710. The largest absolute Gasteiger partial charge is 0.392 e. The minimum Gasteiger partial charge on any atom is -0.392 e. The third-order valence-electron chi connectivity index (χ3n) is 3.51. The minimum atomic E-state index is -0.259. The Balaban J connectivity index is 2.57. The lowest BCUT2D eigenvalue weighted by Crippen LogP contribution is -2.54. The molecular formula is C11H24N2O. The molecule has 3 N–H and O–H groups in total. The van der Waals surface area contributed by atoms with Gasteiger partial charge in [0.2, 0.25) is 0 Å².